The Hall–Kier alpha value is -1.24. The molecule has 1 rings (SSSR count). The van der Waals surface area contributed by atoms with Crippen LogP contribution in [0.4, 0.5) is 0 Å². The molecule has 1 aliphatic rings. The molecule has 4 unspecified atom stereocenters. The highest BCUT2D eigenvalue weighted by Crippen LogP contribution is 2.34. The average Bonchev–Trinajstić information content (AvgIpc) is 2.94. The van der Waals surface area contributed by atoms with Crippen LogP contribution in [0.3, 0.4) is 0 Å². The zero-order valence-electron chi connectivity index (χ0n) is 17.3. The summed E-state index contributed by atoms with van der Waals surface area (Å²) in [4.78, 5) is 23.7. The van der Waals surface area contributed by atoms with Crippen LogP contribution < -0.4 is 5.32 Å². The molecule has 28 heavy (non-hydrogen) atoms. The van der Waals surface area contributed by atoms with Crippen molar-refractivity contribution in [1.82, 2.24) is 5.32 Å². The Labute approximate surface area is 169 Å². The summed E-state index contributed by atoms with van der Waals surface area (Å²) < 4.78 is 0. The lowest BCUT2D eigenvalue weighted by Gasteiger charge is -2.18. The van der Waals surface area contributed by atoms with E-state index in [0.717, 1.165) is 57.8 Å². The summed E-state index contributed by atoms with van der Waals surface area (Å²) in [5, 5.41) is 31.6. The summed E-state index contributed by atoms with van der Waals surface area (Å²) in [6, 6.07) is 0. The molecule has 0 bridgehead atoms. The van der Waals surface area contributed by atoms with Crippen molar-refractivity contribution in [3.05, 3.63) is 12.2 Å². The maximum Gasteiger partial charge on any atom is 0.220 e. The quantitative estimate of drug-likeness (QED) is 0.251. The zero-order valence-corrected chi connectivity index (χ0v) is 17.3. The highest BCUT2D eigenvalue weighted by molar-refractivity contribution is 5.84. The van der Waals surface area contributed by atoms with Crippen molar-refractivity contribution in [2.75, 3.05) is 13.2 Å². The molecule has 0 aliphatic heterocycles. The maximum absolute atomic E-state index is 12.2. The Balaban J connectivity index is 2.31. The van der Waals surface area contributed by atoms with Crippen LogP contribution in [0.2, 0.25) is 0 Å². The van der Waals surface area contributed by atoms with Crippen molar-refractivity contribution in [2.45, 2.75) is 89.8 Å². The summed E-state index contributed by atoms with van der Waals surface area (Å²) in [5.74, 6) is -0.281. The third-order valence-electron chi connectivity index (χ3n) is 5.49. The zero-order chi connectivity index (χ0) is 20.8. The van der Waals surface area contributed by atoms with Gasteiger partial charge in [-0.05, 0) is 19.3 Å². The Morgan fingerprint density at radius 2 is 1.96 bits per heavy atom. The Bertz CT molecular complexity index is 480. The second-order valence-corrected chi connectivity index (χ2v) is 7.90. The van der Waals surface area contributed by atoms with E-state index < -0.39 is 12.2 Å². The van der Waals surface area contributed by atoms with Gasteiger partial charge in [0.25, 0.3) is 0 Å². The summed E-state index contributed by atoms with van der Waals surface area (Å²) >= 11 is 0. The minimum atomic E-state index is -0.646. The molecule has 1 fully saturated rings. The van der Waals surface area contributed by atoms with Gasteiger partial charge in [-0.2, -0.15) is 0 Å². The highest BCUT2D eigenvalue weighted by atomic mass is 16.3. The van der Waals surface area contributed by atoms with Crippen LogP contribution >= 0.6 is 0 Å². The van der Waals surface area contributed by atoms with Crippen molar-refractivity contribution in [1.29, 1.82) is 0 Å². The number of ketones is 1. The summed E-state index contributed by atoms with van der Waals surface area (Å²) in [6.07, 6.45) is 11.3. The third kappa shape index (κ3) is 9.80. The van der Waals surface area contributed by atoms with Crippen LogP contribution in [0.5, 0.6) is 0 Å². The second-order valence-electron chi connectivity index (χ2n) is 7.90. The molecule has 6 nitrogen and oxygen atoms in total. The monoisotopic (exact) mass is 397 g/mol. The van der Waals surface area contributed by atoms with E-state index >= 15 is 0 Å². The normalized spacial score (nSPS) is 23.4. The van der Waals surface area contributed by atoms with Crippen molar-refractivity contribution < 1.29 is 24.9 Å². The first kappa shape index (κ1) is 24.8. The van der Waals surface area contributed by atoms with Gasteiger partial charge in [0.1, 0.15) is 5.78 Å². The van der Waals surface area contributed by atoms with Gasteiger partial charge in [0.15, 0.2) is 0 Å². The van der Waals surface area contributed by atoms with Gasteiger partial charge in [-0.15, -0.1) is 0 Å². The first-order chi connectivity index (χ1) is 13.5. The average molecular weight is 398 g/mol. The molecule has 1 amide bonds. The number of hydrogen-bond donors (Lipinski definition) is 4. The summed E-state index contributed by atoms with van der Waals surface area (Å²) in [7, 11) is 0. The molecule has 0 aromatic heterocycles. The number of Topliss-reactive ketones (excluding diaryl/α,β-unsaturated/α-hetero) is 1. The van der Waals surface area contributed by atoms with E-state index in [1.54, 1.807) is 6.08 Å². The van der Waals surface area contributed by atoms with E-state index in [2.05, 4.69) is 12.2 Å². The number of nitrogens with one attached hydrogen (secondary N) is 1. The lowest BCUT2D eigenvalue weighted by atomic mass is 9.88. The second kappa shape index (κ2) is 14.7. The number of aliphatic hydroxyl groups is 3. The van der Waals surface area contributed by atoms with Crippen LogP contribution in [0, 0.1) is 11.8 Å². The lowest BCUT2D eigenvalue weighted by molar-refractivity contribution is -0.122. The molecule has 0 saturated heterocycles. The largest absolute Gasteiger partial charge is 0.395 e. The molecule has 0 aromatic carbocycles. The molecule has 0 heterocycles. The van der Waals surface area contributed by atoms with E-state index in [1.165, 1.54) is 0 Å². The van der Waals surface area contributed by atoms with Crippen LogP contribution in [-0.4, -0.2) is 52.4 Å². The van der Waals surface area contributed by atoms with Crippen molar-refractivity contribution in [3.8, 4) is 0 Å². The fraction of sp³-hybridized carbons (Fsp3) is 0.818. The predicted molar refractivity (Wildman–Crippen MR) is 110 cm³/mol. The molecule has 0 spiro atoms. The number of unbranched alkanes of at least 4 members (excludes halogenated alkanes) is 5. The van der Waals surface area contributed by atoms with Crippen LogP contribution in [-0.2, 0) is 9.59 Å². The highest BCUT2D eigenvalue weighted by Gasteiger charge is 2.39. The first-order valence-electron chi connectivity index (χ1n) is 10.9. The summed E-state index contributed by atoms with van der Waals surface area (Å²) in [6.45, 7) is 2.38. The summed E-state index contributed by atoms with van der Waals surface area (Å²) in [5.41, 5.74) is 0. The molecule has 162 valence electrons. The van der Waals surface area contributed by atoms with E-state index in [9.17, 15) is 19.8 Å². The number of rotatable bonds is 15. The smallest absolute Gasteiger partial charge is 0.220 e. The number of aliphatic hydroxyl groups excluding tert-OH is 3. The third-order valence-corrected chi connectivity index (χ3v) is 5.49. The Kier molecular flexibility index (Phi) is 13.0. The fourth-order valence-corrected chi connectivity index (χ4v) is 3.84. The molecular weight excluding hydrogens is 358 g/mol. The van der Waals surface area contributed by atoms with Gasteiger partial charge in [-0.3, -0.25) is 9.59 Å². The molecule has 0 aromatic rings. The van der Waals surface area contributed by atoms with Crippen LogP contribution in [0.1, 0.15) is 77.6 Å². The van der Waals surface area contributed by atoms with Gasteiger partial charge < -0.3 is 20.6 Å². The minimum absolute atomic E-state index is 0.0363. The van der Waals surface area contributed by atoms with Gasteiger partial charge in [-0.1, -0.05) is 57.6 Å². The standard InChI is InChI=1S/C22H39NO5/c1-2-3-6-9-17(25)12-13-19-18(20(26)16-21(19)27)10-7-4-5-8-11-22(28)23-14-15-24/h12-13,17-19,21,24-25,27H,2-11,14-16H2,1H3,(H,23,28). The van der Waals surface area contributed by atoms with Crippen molar-refractivity contribution in [2.24, 2.45) is 11.8 Å². The van der Waals surface area contributed by atoms with E-state index in [0.29, 0.717) is 13.0 Å². The maximum atomic E-state index is 12.2. The number of carbonyl (C=O) groups is 2. The van der Waals surface area contributed by atoms with E-state index in [1.807, 2.05) is 6.08 Å². The van der Waals surface area contributed by atoms with Crippen molar-refractivity contribution in [3.63, 3.8) is 0 Å². The number of amides is 1. The van der Waals surface area contributed by atoms with Crippen LogP contribution in [0.15, 0.2) is 12.2 Å². The Morgan fingerprint density at radius 3 is 2.68 bits per heavy atom. The lowest BCUT2D eigenvalue weighted by Crippen LogP contribution is -2.25. The molecule has 0 radical (unpaired) electrons. The predicted octanol–water partition coefficient (Wildman–Crippen LogP) is 2.50. The molecule has 4 N–H and O–H groups in total. The van der Waals surface area contributed by atoms with Crippen LogP contribution in [0.25, 0.3) is 0 Å². The molecule has 1 saturated carbocycles. The van der Waals surface area contributed by atoms with Gasteiger partial charge in [-0.25, -0.2) is 0 Å². The molecule has 6 heteroatoms. The van der Waals surface area contributed by atoms with Gasteiger partial charge in [0, 0.05) is 31.2 Å². The topological polar surface area (TPSA) is 107 Å². The Morgan fingerprint density at radius 1 is 1.21 bits per heavy atom. The van der Waals surface area contributed by atoms with E-state index in [4.69, 9.17) is 5.11 Å². The minimum Gasteiger partial charge on any atom is -0.395 e. The number of hydrogen-bond acceptors (Lipinski definition) is 5. The molecule has 4 atom stereocenters. The number of carbonyl (C=O) groups excluding carboxylic acids is 2. The van der Waals surface area contributed by atoms with Gasteiger partial charge >= 0.3 is 0 Å². The van der Waals surface area contributed by atoms with Gasteiger partial charge in [0.05, 0.1) is 18.8 Å². The van der Waals surface area contributed by atoms with Gasteiger partial charge in [0.2, 0.25) is 5.91 Å². The SMILES string of the molecule is CCCCCC(O)C=CC1C(O)CC(=O)C1CCCCCCC(=O)NCCO. The molecule has 1 aliphatic carbocycles. The fourth-order valence-electron chi connectivity index (χ4n) is 3.84. The van der Waals surface area contributed by atoms with Crippen molar-refractivity contribution >= 4 is 11.7 Å². The molecular formula is C22H39NO5. The first-order valence-corrected chi connectivity index (χ1v) is 10.9. The van der Waals surface area contributed by atoms with E-state index in [-0.39, 0.29) is 36.6 Å².